The van der Waals surface area contributed by atoms with Gasteiger partial charge in [-0.2, -0.15) is 0 Å². The van der Waals surface area contributed by atoms with Crippen LogP contribution in [0.4, 0.5) is 11.4 Å². The topological polar surface area (TPSA) is 38.8 Å². The molecule has 0 saturated carbocycles. The molecule has 38 heavy (non-hydrogen) atoms. The van der Waals surface area contributed by atoms with Crippen molar-refractivity contribution >= 4 is 17.3 Å². The Labute approximate surface area is 226 Å². The van der Waals surface area contributed by atoms with Crippen molar-refractivity contribution < 1.29 is 4.79 Å². The minimum atomic E-state index is -0.0394. The minimum Gasteiger partial charge on any atom is -0.378 e. The van der Waals surface area contributed by atoms with Crippen LogP contribution in [0.5, 0.6) is 0 Å². The summed E-state index contributed by atoms with van der Waals surface area (Å²) in [4.78, 5) is 20.2. The third-order valence-electron chi connectivity index (χ3n) is 7.38. The zero-order valence-electron chi connectivity index (χ0n) is 22.3. The number of carbonyl (C=O) groups is 1. The molecule has 1 unspecified atom stereocenters. The van der Waals surface area contributed by atoms with E-state index in [0.717, 1.165) is 37.3 Å². The SMILES string of the molecule is CN(C)c1ccc(C(CNC(=O)c2ccc(-c3ccccc3)cc2)N2CCN(c3ccccc3)CC2)cc1. The Bertz CT molecular complexity index is 1300. The fourth-order valence-electron chi connectivity index (χ4n) is 5.12. The molecule has 1 aliphatic heterocycles. The minimum absolute atomic E-state index is 0.0394. The molecule has 0 bridgehead atoms. The maximum absolute atomic E-state index is 13.1. The monoisotopic (exact) mass is 504 g/mol. The summed E-state index contributed by atoms with van der Waals surface area (Å²) >= 11 is 0. The fourth-order valence-corrected chi connectivity index (χ4v) is 5.12. The molecule has 4 aromatic carbocycles. The van der Waals surface area contributed by atoms with E-state index in [4.69, 9.17) is 0 Å². The van der Waals surface area contributed by atoms with Gasteiger partial charge in [-0.15, -0.1) is 0 Å². The van der Waals surface area contributed by atoms with Gasteiger partial charge < -0.3 is 15.1 Å². The van der Waals surface area contributed by atoms with Crippen LogP contribution in [0.3, 0.4) is 0 Å². The Hall–Kier alpha value is -4.09. The summed E-state index contributed by atoms with van der Waals surface area (Å²) in [5.41, 5.74) is 6.60. The average molecular weight is 505 g/mol. The highest BCUT2D eigenvalue weighted by Gasteiger charge is 2.26. The lowest BCUT2D eigenvalue weighted by Gasteiger charge is -2.40. The molecule has 5 heteroatoms. The Morgan fingerprint density at radius 1 is 0.737 bits per heavy atom. The van der Waals surface area contributed by atoms with Crippen molar-refractivity contribution in [3.8, 4) is 11.1 Å². The zero-order valence-corrected chi connectivity index (χ0v) is 22.3. The van der Waals surface area contributed by atoms with Crippen molar-refractivity contribution in [3.63, 3.8) is 0 Å². The summed E-state index contributed by atoms with van der Waals surface area (Å²) in [5, 5.41) is 3.23. The van der Waals surface area contributed by atoms with Crippen LogP contribution in [-0.4, -0.2) is 57.6 Å². The maximum Gasteiger partial charge on any atom is 0.251 e. The Balaban J connectivity index is 1.28. The second-order valence-corrected chi connectivity index (χ2v) is 10.0. The van der Waals surface area contributed by atoms with Gasteiger partial charge in [-0.3, -0.25) is 9.69 Å². The molecule has 1 heterocycles. The lowest BCUT2D eigenvalue weighted by Crippen LogP contribution is -2.50. The first-order valence-corrected chi connectivity index (χ1v) is 13.3. The van der Waals surface area contributed by atoms with E-state index < -0.39 is 0 Å². The fraction of sp³-hybridized carbons (Fsp3) is 0.242. The van der Waals surface area contributed by atoms with Crippen molar-refractivity contribution in [2.45, 2.75) is 6.04 Å². The quantitative estimate of drug-likeness (QED) is 0.334. The summed E-state index contributed by atoms with van der Waals surface area (Å²) in [6.45, 7) is 4.37. The van der Waals surface area contributed by atoms with E-state index in [1.807, 2.05) is 42.5 Å². The van der Waals surface area contributed by atoms with Gasteiger partial charge in [0.1, 0.15) is 0 Å². The molecule has 5 rings (SSSR count). The third-order valence-corrected chi connectivity index (χ3v) is 7.38. The number of nitrogens with zero attached hydrogens (tertiary/aromatic N) is 3. The lowest BCUT2D eigenvalue weighted by atomic mass is 10.0. The van der Waals surface area contributed by atoms with Gasteiger partial charge in [0.25, 0.3) is 5.91 Å². The van der Waals surface area contributed by atoms with Gasteiger partial charge >= 0.3 is 0 Å². The van der Waals surface area contributed by atoms with E-state index in [0.29, 0.717) is 12.1 Å². The number of rotatable bonds is 8. The Morgan fingerprint density at radius 2 is 1.32 bits per heavy atom. The second kappa shape index (κ2) is 12.0. The molecule has 1 N–H and O–H groups in total. The van der Waals surface area contributed by atoms with E-state index in [9.17, 15) is 4.79 Å². The molecule has 1 amide bonds. The van der Waals surface area contributed by atoms with Gasteiger partial charge in [0.2, 0.25) is 0 Å². The van der Waals surface area contributed by atoms with Crippen molar-refractivity contribution in [2.75, 3.05) is 56.6 Å². The number of hydrogen-bond acceptors (Lipinski definition) is 4. The number of carbonyl (C=O) groups excluding carboxylic acids is 1. The largest absolute Gasteiger partial charge is 0.378 e. The van der Waals surface area contributed by atoms with Crippen LogP contribution in [-0.2, 0) is 0 Å². The predicted molar refractivity (Wildman–Crippen MR) is 158 cm³/mol. The molecule has 1 saturated heterocycles. The number of nitrogens with one attached hydrogen (secondary N) is 1. The number of para-hydroxylation sites is 1. The highest BCUT2D eigenvalue weighted by molar-refractivity contribution is 5.94. The molecule has 5 nitrogen and oxygen atoms in total. The average Bonchev–Trinajstić information content (AvgIpc) is 2.99. The number of amides is 1. The van der Waals surface area contributed by atoms with Crippen LogP contribution in [0, 0.1) is 0 Å². The van der Waals surface area contributed by atoms with Crippen molar-refractivity contribution in [1.82, 2.24) is 10.2 Å². The first-order chi connectivity index (χ1) is 18.6. The van der Waals surface area contributed by atoms with Crippen molar-refractivity contribution in [3.05, 3.63) is 120 Å². The molecule has 0 spiro atoms. The van der Waals surface area contributed by atoms with Gasteiger partial charge in [0.15, 0.2) is 0 Å². The standard InChI is InChI=1S/C33H36N4O/c1-35(2)30-19-17-28(18-20-30)32(37-23-21-36(22-24-37)31-11-7-4-8-12-31)25-34-33(38)29-15-13-27(14-16-29)26-9-5-3-6-10-26/h3-20,32H,21-25H2,1-2H3,(H,34,38). The maximum atomic E-state index is 13.1. The summed E-state index contributed by atoms with van der Waals surface area (Å²) in [7, 11) is 4.11. The molecule has 1 fully saturated rings. The van der Waals surface area contributed by atoms with E-state index >= 15 is 0 Å². The normalized spacial score (nSPS) is 14.6. The van der Waals surface area contributed by atoms with Crippen molar-refractivity contribution in [1.29, 1.82) is 0 Å². The third kappa shape index (κ3) is 6.06. The van der Waals surface area contributed by atoms with Crippen LogP contribution in [0.15, 0.2) is 109 Å². The molecule has 0 aliphatic carbocycles. The Kier molecular flexibility index (Phi) is 8.05. The predicted octanol–water partition coefficient (Wildman–Crippen LogP) is 5.71. The summed E-state index contributed by atoms with van der Waals surface area (Å²) in [6, 6.07) is 37.5. The molecule has 0 aromatic heterocycles. The number of piperazine rings is 1. The van der Waals surface area contributed by atoms with Gasteiger partial charge in [-0.25, -0.2) is 0 Å². The Morgan fingerprint density at radius 3 is 1.92 bits per heavy atom. The molecule has 1 aliphatic rings. The molecular formula is C33H36N4O. The van der Waals surface area contributed by atoms with E-state index in [1.54, 1.807) is 0 Å². The molecule has 1 atom stereocenters. The molecule has 0 radical (unpaired) electrons. The summed E-state index contributed by atoms with van der Waals surface area (Å²) in [6.07, 6.45) is 0. The smallest absolute Gasteiger partial charge is 0.251 e. The number of anilines is 2. The second-order valence-electron chi connectivity index (χ2n) is 10.0. The van der Waals surface area contributed by atoms with Crippen LogP contribution >= 0.6 is 0 Å². The molecule has 194 valence electrons. The van der Waals surface area contributed by atoms with Gasteiger partial charge in [0.05, 0.1) is 6.04 Å². The number of benzene rings is 4. The summed E-state index contributed by atoms with van der Waals surface area (Å²) in [5.74, 6) is -0.0394. The lowest BCUT2D eigenvalue weighted by molar-refractivity contribution is 0.0930. The van der Waals surface area contributed by atoms with Gasteiger partial charge in [-0.05, 0) is 53.1 Å². The van der Waals surface area contributed by atoms with Crippen LogP contribution in [0.1, 0.15) is 22.0 Å². The highest BCUT2D eigenvalue weighted by atomic mass is 16.1. The van der Waals surface area contributed by atoms with E-state index in [-0.39, 0.29) is 11.9 Å². The van der Waals surface area contributed by atoms with Gasteiger partial charge in [0, 0.05) is 63.8 Å². The van der Waals surface area contributed by atoms with E-state index in [2.05, 4.69) is 101 Å². The molecule has 4 aromatic rings. The van der Waals surface area contributed by atoms with Crippen LogP contribution in [0.2, 0.25) is 0 Å². The summed E-state index contributed by atoms with van der Waals surface area (Å²) < 4.78 is 0. The van der Waals surface area contributed by atoms with Crippen LogP contribution in [0.25, 0.3) is 11.1 Å². The van der Waals surface area contributed by atoms with Crippen molar-refractivity contribution in [2.24, 2.45) is 0 Å². The van der Waals surface area contributed by atoms with Gasteiger partial charge in [-0.1, -0.05) is 72.8 Å². The zero-order chi connectivity index (χ0) is 26.3. The first-order valence-electron chi connectivity index (χ1n) is 13.3. The first kappa shape index (κ1) is 25.6. The molecular weight excluding hydrogens is 468 g/mol. The highest BCUT2D eigenvalue weighted by Crippen LogP contribution is 2.26. The van der Waals surface area contributed by atoms with Crippen LogP contribution < -0.4 is 15.1 Å². The van der Waals surface area contributed by atoms with E-state index in [1.165, 1.54) is 16.9 Å². The number of hydrogen-bond donors (Lipinski definition) is 1.